The van der Waals surface area contributed by atoms with Gasteiger partial charge < -0.3 is 14.7 Å². The predicted octanol–water partition coefficient (Wildman–Crippen LogP) is 2.87. The van der Waals surface area contributed by atoms with Crippen molar-refractivity contribution >= 4 is 23.5 Å². The van der Waals surface area contributed by atoms with Gasteiger partial charge in [0.1, 0.15) is 0 Å². The first-order valence-corrected chi connectivity index (χ1v) is 11.7. The number of hydrogen-bond acceptors (Lipinski definition) is 7. The number of benzene rings is 1. The lowest BCUT2D eigenvalue weighted by atomic mass is 9.96. The summed E-state index contributed by atoms with van der Waals surface area (Å²) in [6, 6.07) is 8.23. The van der Waals surface area contributed by atoms with Crippen molar-refractivity contribution in [1.29, 1.82) is 0 Å². The highest BCUT2D eigenvalue weighted by Crippen LogP contribution is 2.23. The number of nitrogens with zero attached hydrogens (tertiary/aromatic N) is 5. The summed E-state index contributed by atoms with van der Waals surface area (Å²) >= 11 is 0. The molecule has 1 aliphatic heterocycles. The third-order valence-electron chi connectivity index (χ3n) is 6.33. The van der Waals surface area contributed by atoms with Crippen molar-refractivity contribution < 1.29 is 14.8 Å². The third-order valence-corrected chi connectivity index (χ3v) is 6.33. The van der Waals surface area contributed by atoms with Gasteiger partial charge in [0.15, 0.2) is 0 Å². The highest BCUT2D eigenvalue weighted by atomic mass is 16.5. The van der Waals surface area contributed by atoms with Crippen LogP contribution in [0.5, 0.6) is 0 Å². The lowest BCUT2D eigenvalue weighted by molar-refractivity contribution is -0.131. The number of nitrogens with one attached hydrogen (secondary N) is 1. The van der Waals surface area contributed by atoms with Crippen LogP contribution >= 0.6 is 0 Å². The van der Waals surface area contributed by atoms with Crippen LogP contribution in [-0.2, 0) is 11.2 Å². The molecule has 9 nitrogen and oxygen atoms in total. The van der Waals surface area contributed by atoms with Gasteiger partial charge in [0.25, 0.3) is 5.91 Å². The minimum absolute atomic E-state index is 0.179. The zero-order chi connectivity index (χ0) is 24.5. The van der Waals surface area contributed by atoms with Gasteiger partial charge in [-0.15, -0.1) is 0 Å². The molecule has 1 saturated heterocycles. The maximum absolute atomic E-state index is 12.7. The molecule has 1 fully saturated rings. The van der Waals surface area contributed by atoms with E-state index in [4.69, 9.17) is 5.21 Å². The summed E-state index contributed by atoms with van der Waals surface area (Å²) in [5, 5.41) is 8.72. The highest BCUT2D eigenvalue weighted by Gasteiger charge is 2.25. The minimum atomic E-state index is -0.635. The Morgan fingerprint density at radius 3 is 2.53 bits per heavy atom. The summed E-state index contributed by atoms with van der Waals surface area (Å²) in [6.07, 6.45) is 7.76. The van der Waals surface area contributed by atoms with Crippen LogP contribution in [0.1, 0.15) is 42.1 Å². The van der Waals surface area contributed by atoms with E-state index in [0.29, 0.717) is 24.8 Å². The molecule has 0 radical (unpaired) electrons. The number of para-hydroxylation sites is 1. The number of carbonyl (C=O) groups is 2. The molecular weight excluding hydrogens is 432 g/mol. The van der Waals surface area contributed by atoms with Crippen molar-refractivity contribution in [2.75, 3.05) is 43.0 Å². The first kappa shape index (κ1) is 25.2. The molecule has 0 saturated carbocycles. The summed E-state index contributed by atoms with van der Waals surface area (Å²) < 4.78 is 0. The summed E-state index contributed by atoms with van der Waals surface area (Å²) in [5.74, 6) is 0.525. The average molecular weight is 467 g/mol. The first-order chi connectivity index (χ1) is 16.5. The third kappa shape index (κ3) is 6.32. The van der Waals surface area contributed by atoms with Crippen LogP contribution in [0, 0.1) is 5.92 Å². The lowest BCUT2D eigenvalue weighted by Gasteiger charge is -2.35. The molecule has 2 aromatic rings. The van der Waals surface area contributed by atoms with E-state index in [1.165, 1.54) is 18.0 Å². The van der Waals surface area contributed by atoms with Crippen LogP contribution in [-0.4, -0.2) is 65.1 Å². The molecule has 3 rings (SSSR count). The van der Waals surface area contributed by atoms with E-state index in [-0.39, 0.29) is 11.5 Å². The smallest absolute Gasteiger partial charge is 0.277 e. The van der Waals surface area contributed by atoms with Crippen molar-refractivity contribution in [3.8, 4) is 0 Å². The van der Waals surface area contributed by atoms with E-state index in [2.05, 4.69) is 33.6 Å². The molecule has 0 spiro atoms. The molecule has 1 aliphatic rings. The topological polar surface area (TPSA) is 102 Å². The van der Waals surface area contributed by atoms with Crippen molar-refractivity contribution in [1.82, 2.24) is 20.3 Å². The van der Waals surface area contributed by atoms with Gasteiger partial charge in [-0.2, -0.15) is 0 Å². The molecule has 2 heterocycles. The second kappa shape index (κ2) is 12.1. The molecule has 9 heteroatoms. The Kier molecular flexibility index (Phi) is 8.98. The molecule has 2 N–H and O–H groups in total. The minimum Gasteiger partial charge on any atom is -0.351 e. The zero-order valence-corrected chi connectivity index (χ0v) is 20.0. The maximum Gasteiger partial charge on any atom is 0.277 e. The van der Waals surface area contributed by atoms with Crippen LogP contribution in [0.3, 0.4) is 0 Å². The fourth-order valence-electron chi connectivity index (χ4n) is 4.26. The van der Waals surface area contributed by atoms with E-state index < -0.39 is 5.91 Å². The van der Waals surface area contributed by atoms with E-state index in [1.807, 2.05) is 35.9 Å². The van der Waals surface area contributed by atoms with Crippen LogP contribution < -0.4 is 15.3 Å². The van der Waals surface area contributed by atoms with Crippen molar-refractivity contribution in [3.05, 3.63) is 60.6 Å². The molecule has 1 aromatic carbocycles. The van der Waals surface area contributed by atoms with Gasteiger partial charge in [-0.1, -0.05) is 31.7 Å². The Bertz CT molecular complexity index is 973. The molecule has 0 bridgehead atoms. The Morgan fingerprint density at radius 1 is 1.24 bits per heavy atom. The normalized spacial score (nSPS) is 13.9. The van der Waals surface area contributed by atoms with Crippen molar-refractivity contribution in [2.24, 2.45) is 5.92 Å². The Morgan fingerprint density at radius 2 is 1.91 bits per heavy atom. The van der Waals surface area contributed by atoms with Gasteiger partial charge in [0.05, 0.1) is 5.56 Å². The van der Waals surface area contributed by atoms with E-state index >= 15 is 0 Å². The van der Waals surface area contributed by atoms with Gasteiger partial charge in [-0.05, 0) is 43.0 Å². The standard InChI is InChI=1S/C25H34N6O3/c1-4-23(32)31(15-12-20-8-6-7-9-22(20)29(3)5-2)18-19-10-13-30(14-11-19)25-26-16-21(17-27-25)24(33)28-34/h5-9,16-17,19,34H,2,4,10-15,18H2,1,3H3,(H,28,33). The summed E-state index contributed by atoms with van der Waals surface area (Å²) in [5.41, 5.74) is 4.09. The SMILES string of the molecule is C=CN(C)c1ccccc1CCN(CC1CCN(c2ncc(C(=O)NO)cn2)CC1)C(=O)CC. The zero-order valence-electron chi connectivity index (χ0n) is 20.0. The van der Waals surface area contributed by atoms with Crippen molar-refractivity contribution in [2.45, 2.75) is 32.6 Å². The first-order valence-electron chi connectivity index (χ1n) is 11.7. The number of amides is 2. The largest absolute Gasteiger partial charge is 0.351 e. The lowest BCUT2D eigenvalue weighted by Crippen LogP contribution is -2.42. The Labute approximate surface area is 201 Å². The van der Waals surface area contributed by atoms with E-state index in [1.54, 1.807) is 11.7 Å². The van der Waals surface area contributed by atoms with E-state index in [9.17, 15) is 9.59 Å². The Hall–Kier alpha value is -3.46. The van der Waals surface area contributed by atoms with Crippen LogP contribution in [0.15, 0.2) is 49.4 Å². The van der Waals surface area contributed by atoms with Gasteiger partial charge >= 0.3 is 0 Å². The number of aromatic nitrogens is 2. The number of anilines is 2. The molecule has 0 atom stereocenters. The quantitative estimate of drug-likeness (QED) is 0.410. The number of carbonyl (C=O) groups excluding carboxylic acids is 2. The monoisotopic (exact) mass is 466 g/mol. The molecule has 1 aromatic heterocycles. The van der Waals surface area contributed by atoms with Gasteiger partial charge in [0.2, 0.25) is 11.9 Å². The maximum atomic E-state index is 12.7. The molecule has 2 amide bonds. The number of hydroxylamine groups is 1. The molecule has 0 aliphatic carbocycles. The van der Waals surface area contributed by atoms with Crippen LogP contribution in [0.2, 0.25) is 0 Å². The highest BCUT2D eigenvalue weighted by molar-refractivity contribution is 5.92. The van der Waals surface area contributed by atoms with E-state index in [0.717, 1.165) is 44.6 Å². The predicted molar refractivity (Wildman–Crippen MR) is 132 cm³/mol. The summed E-state index contributed by atoms with van der Waals surface area (Å²) in [7, 11) is 1.98. The fraction of sp³-hybridized carbons (Fsp3) is 0.440. The fourth-order valence-corrected chi connectivity index (χ4v) is 4.26. The second-order valence-electron chi connectivity index (χ2n) is 8.51. The van der Waals surface area contributed by atoms with Gasteiger partial charge in [-0.3, -0.25) is 14.8 Å². The average Bonchev–Trinajstić information content (AvgIpc) is 2.90. The summed E-state index contributed by atoms with van der Waals surface area (Å²) in [4.78, 5) is 38.8. The molecule has 0 unspecified atom stereocenters. The molecular formula is C25H34N6O3. The van der Waals surface area contributed by atoms with Gasteiger partial charge in [-0.25, -0.2) is 15.4 Å². The van der Waals surface area contributed by atoms with Crippen LogP contribution in [0.25, 0.3) is 0 Å². The van der Waals surface area contributed by atoms with Crippen LogP contribution in [0.4, 0.5) is 11.6 Å². The Balaban J connectivity index is 1.57. The van der Waals surface area contributed by atoms with Gasteiger partial charge in [0, 0.05) is 57.7 Å². The number of hydrogen-bond donors (Lipinski definition) is 2. The number of rotatable bonds is 10. The summed E-state index contributed by atoms with van der Waals surface area (Å²) in [6.45, 7) is 8.78. The number of piperidine rings is 1. The van der Waals surface area contributed by atoms with Crippen molar-refractivity contribution in [3.63, 3.8) is 0 Å². The second-order valence-corrected chi connectivity index (χ2v) is 8.51. The molecule has 34 heavy (non-hydrogen) atoms. The molecule has 182 valence electrons.